The van der Waals surface area contributed by atoms with Gasteiger partial charge in [0, 0.05) is 0 Å². The normalized spacial score (nSPS) is 11.4. The van der Waals surface area contributed by atoms with E-state index in [0.717, 1.165) is 30.6 Å². The lowest BCUT2D eigenvalue weighted by atomic mass is 10.2. The van der Waals surface area contributed by atoms with Gasteiger partial charge in [0.05, 0.1) is 11.9 Å². The average molecular weight is 291 g/mol. The van der Waals surface area contributed by atoms with E-state index in [2.05, 4.69) is 9.97 Å². The second-order valence-electron chi connectivity index (χ2n) is 3.47. The molecule has 0 saturated heterocycles. The Hall–Kier alpha value is -2.02. The van der Waals surface area contributed by atoms with Crippen LogP contribution in [0.15, 0.2) is 35.4 Å². The molecule has 0 radical (unpaired) electrons. The number of aromatic amines is 1. The number of hydrogen-bond acceptors (Lipinski definition) is 3. The lowest BCUT2D eigenvalue weighted by Gasteiger charge is -2.08. The number of halogens is 4. The van der Waals surface area contributed by atoms with Crippen molar-refractivity contribution < 1.29 is 17.9 Å². The van der Waals surface area contributed by atoms with E-state index in [1.807, 2.05) is 0 Å². The fourth-order valence-electron chi connectivity index (χ4n) is 1.26. The SMILES string of the molecule is O=c1[nH]cnc(Oc2ccc(C(F)(F)F)cc2)c1Cl. The number of alkyl halides is 3. The molecule has 0 saturated carbocycles. The van der Waals surface area contributed by atoms with Crippen LogP contribution in [-0.2, 0) is 6.18 Å². The highest BCUT2D eigenvalue weighted by atomic mass is 35.5. The summed E-state index contributed by atoms with van der Waals surface area (Å²) in [5.41, 5.74) is -1.40. The van der Waals surface area contributed by atoms with Crippen molar-refractivity contribution in [3.8, 4) is 11.6 Å². The Kier molecular flexibility index (Phi) is 3.48. The molecule has 0 aliphatic carbocycles. The summed E-state index contributed by atoms with van der Waals surface area (Å²) in [7, 11) is 0. The second kappa shape index (κ2) is 4.93. The van der Waals surface area contributed by atoms with Gasteiger partial charge in [0.1, 0.15) is 5.75 Å². The highest BCUT2D eigenvalue weighted by molar-refractivity contribution is 6.31. The number of aromatic nitrogens is 2. The first kappa shape index (κ1) is 13.4. The number of rotatable bonds is 2. The predicted molar refractivity (Wildman–Crippen MR) is 61.4 cm³/mol. The van der Waals surface area contributed by atoms with Gasteiger partial charge < -0.3 is 9.72 Å². The third-order valence-corrected chi connectivity index (χ3v) is 2.49. The Morgan fingerprint density at radius 3 is 2.42 bits per heavy atom. The molecule has 2 aromatic rings. The van der Waals surface area contributed by atoms with Gasteiger partial charge in [-0.3, -0.25) is 4.79 Å². The minimum absolute atomic E-state index is 0.0907. The lowest BCUT2D eigenvalue weighted by molar-refractivity contribution is -0.137. The molecule has 100 valence electrons. The van der Waals surface area contributed by atoms with E-state index in [4.69, 9.17) is 16.3 Å². The Morgan fingerprint density at radius 2 is 1.84 bits per heavy atom. The molecule has 1 heterocycles. The van der Waals surface area contributed by atoms with Gasteiger partial charge in [0.15, 0.2) is 5.02 Å². The average Bonchev–Trinajstić information content (AvgIpc) is 2.35. The largest absolute Gasteiger partial charge is 0.437 e. The van der Waals surface area contributed by atoms with Gasteiger partial charge in [-0.15, -0.1) is 0 Å². The van der Waals surface area contributed by atoms with Crippen molar-refractivity contribution in [1.29, 1.82) is 0 Å². The number of nitrogens with one attached hydrogen (secondary N) is 1. The first-order valence-corrected chi connectivity index (χ1v) is 5.34. The summed E-state index contributed by atoms with van der Waals surface area (Å²) >= 11 is 5.64. The minimum Gasteiger partial charge on any atom is -0.437 e. The van der Waals surface area contributed by atoms with Crippen molar-refractivity contribution in [2.45, 2.75) is 6.18 Å². The van der Waals surface area contributed by atoms with Crippen LogP contribution in [0.3, 0.4) is 0 Å². The summed E-state index contributed by atoms with van der Waals surface area (Å²) in [6, 6.07) is 3.94. The van der Waals surface area contributed by atoms with Crippen molar-refractivity contribution in [3.05, 3.63) is 51.5 Å². The van der Waals surface area contributed by atoms with Crippen LogP contribution in [0, 0.1) is 0 Å². The van der Waals surface area contributed by atoms with E-state index in [0.29, 0.717) is 0 Å². The molecule has 0 spiro atoms. The molecule has 19 heavy (non-hydrogen) atoms. The molecule has 0 bridgehead atoms. The van der Waals surface area contributed by atoms with E-state index in [9.17, 15) is 18.0 Å². The summed E-state index contributed by atoms with van der Waals surface area (Å²) in [5, 5.41) is -0.276. The minimum atomic E-state index is -4.42. The van der Waals surface area contributed by atoms with Gasteiger partial charge in [-0.2, -0.15) is 13.2 Å². The fraction of sp³-hybridized carbons (Fsp3) is 0.0909. The van der Waals surface area contributed by atoms with Crippen molar-refractivity contribution in [3.63, 3.8) is 0 Å². The summed E-state index contributed by atoms with van der Waals surface area (Å²) in [5.74, 6) is -0.0850. The number of ether oxygens (including phenoxy) is 1. The van der Waals surface area contributed by atoms with Crippen molar-refractivity contribution in [1.82, 2.24) is 9.97 Å². The first-order chi connectivity index (χ1) is 8.88. The Labute approximate surface area is 109 Å². The van der Waals surface area contributed by atoms with Gasteiger partial charge in [0.2, 0.25) is 5.88 Å². The quantitative estimate of drug-likeness (QED) is 0.924. The van der Waals surface area contributed by atoms with Gasteiger partial charge in [-0.05, 0) is 24.3 Å². The van der Waals surface area contributed by atoms with Crippen LogP contribution in [-0.4, -0.2) is 9.97 Å². The molecule has 0 unspecified atom stereocenters. The Morgan fingerprint density at radius 1 is 1.21 bits per heavy atom. The highest BCUT2D eigenvalue weighted by Crippen LogP contribution is 2.31. The topological polar surface area (TPSA) is 55.0 Å². The molecular weight excluding hydrogens is 285 g/mol. The van der Waals surface area contributed by atoms with Crippen LogP contribution in [0.25, 0.3) is 0 Å². The molecule has 0 aliphatic rings. The van der Waals surface area contributed by atoms with Crippen molar-refractivity contribution >= 4 is 11.6 Å². The molecule has 8 heteroatoms. The maximum atomic E-state index is 12.3. The molecule has 0 atom stereocenters. The monoisotopic (exact) mass is 290 g/mol. The van der Waals surface area contributed by atoms with Crippen LogP contribution in [0.1, 0.15) is 5.56 Å². The fourth-order valence-corrected chi connectivity index (χ4v) is 1.40. The van der Waals surface area contributed by atoms with Crippen LogP contribution in [0.5, 0.6) is 11.6 Å². The molecule has 1 aromatic heterocycles. The van der Waals surface area contributed by atoms with Gasteiger partial charge in [-0.1, -0.05) is 11.6 Å². The third-order valence-electron chi connectivity index (χ3n) is 2.16. The Balaban J connectivity index is 2.25. The summed E-state index contributed by atoms with van der Waals surface area (Å²) in [4.78, 5) is 17.1. The van der Waals surface area contributed by atoms with Crippen LogP contribution < -0.4 is 10.3 Å². The zero-order chi connectivity index (χ0) is 14.0. The summed E-state index contributed by atoms with van der Waals surface area (Å²) < 4.78 is 42.2. The maximum Gasteiger partial charge on any atom is 0.416 e. The molecule has 0 aliphatic heterocycles. The molecule has 1 N–H and O–H groups in total. The molecule has 2 rings (SSSR count). The number of benzene rings is 1. The Bertz CT molecular complexity index is 638. The highest BCUT2D eigenvalue weighted by Gasteiger charge is 2.30. The van der Waals surface area contributed by atoms with Crippen molar-refractivity contribution in [2.24, 2.45) is 0 Å². The van der Waals surface area contributed by atoms with E-state index >= 15 is 0 Å². The van der Waals surface area contributed by atoms with Gasteiger partial charge in [0.25, 0.3) is 5.56 Å². The van der Waals surface area contributed by atoms with E-state index in [-0.39, 0.29) is 16.7 Å². The first-order valence-electron chi connectivity index (χ1n) is 4.96. The number of H-pyrrole nitrogens is 1. The van der Waals surface area contributed by atoms with E-state index in [1.165, 1.54) is 0 Å². The number of hydrogen-bond donors (Lipinski definition) is 1. The van der Waals surface area contributed by atoms with Gasteiger partial charge in [-0.25, -0.2) is 4.98 Å². The predicted octanol–water partition coefficient (Wildman–Crippen LogP) is 3.23. The molecule has 1 aromatic carbocycles. The zero-order valence-electron chi connectivity index (χ0n) is 9.16. The molecular formula is C11H6ClF3N2O2. The zero-order valence-corrected chi connectivity index (χ0v) is 9.92. The molecule has 0 fully saturated rings. The standard InChI is InChI=1S/C11H6ClF3N2O2/c12-8-9(18)16-5-17-10(8)19-7-3-1-6(2-4-7)11(13,14)15/h1-5H,(H,16,17,18). The van der Waals surface area contributed by atoms with E-state index < -0.39 is 17.3 Å². The van der Waals surface area contributed by atoms with Crippen LogP contribution >= 0.6 is 11.6 Å². The second-order valence-corrected chi connectivity index (χ2v) is 3.85. The van der Waals surface area contributed by atoms with Crippen LogP contribution in [0.2, 0.25) is 5.02 Å². The van der Waals surface area contributed by atoms with Crippen molar-refractivity contribution in [2.75, 3.05) is 0 Å². The third kappa shape index (κ3) is 3.05. The van der Waals surface area contributed by atoms with Crippen LogP contribution in [0.4, 0.5) is 13.2 Å². The number of nitrogens with zero attached hydrogens (tertiary/aromatic N) is 1. The lowest BCUT2D eigenvalue weighted by Crippen LogP contribution is -2.08. The molecule has 4 nitrogen and oxygen atoms in total. The summed E-state index contributed by atoms with van der Waals surface area (Å²) in [6.45, 7) is 0. The van der Waals surface area contributed by atoms with E-state index in [1.54, 1.807) is 0 Å². The summed E-state index contributed by atoms with van der Waals surface area (Å²) in [6.07, 6.45) is -3.34. The van der Waals surface area contributed by atoms with Gasteiger partial charge >= 0.3 is 6.18 Å². The molecule has 0 amide bonds. The maximum absolute atomic E-state index is 12.3. The smallest absolute Gasteiger partial charge is 0.416 e.